The predicted octanol–water partition coefficient (Wildman–Crippen LogP) is 1.77. The van der Waals surface area contributed by atoms with Crippen LogP contribution in [-0.2, 0) is 6.42 Å². The quantitative estimate of drug-likeness (QED) is 0.852. The zero-order valence-corrected chi connectivity index (χ0v) is 13.6. The molecular weight excluding hydrogens is 306 g/mol. The molecule has 3 heterocycles. The molecule has 1 aliphatic heterocycles. The summed E-state index contributed by atoms with van der Waals surface area (Å²) in [5.41, 5.74) is 0.429. The van der Waals surface area contributed by atoms with E-state index in [1.165, 1.54) is 19.1 Å². The summed E-state index contributed by atoms with van der Waals surface area (Å²) >= 11 is 0. The molecule has 0 aromatic carbocycles. The molecular formula is C17H21N5O2. The van der Waals surface area contributed by atoms with Crippen LogP contribution in [0.2, 0.25) is 0 Å². The minimum absolute atomic E-state index is 0.0400. The molecule has 0 atom stereocenters. The second-order valence-electron chi connectivity index (χ2n) is 6.49. The lowest BCUT2D eigenvalue weighted by Crippen LogP contribution is -2.35. The van der Waals surface area contributed by atoms with Crippen molar-refractivity contribution in [3.8, 4) is 0 Å². The molecule has 1 aliphatic carbocycles. The molecule has 0 radical (unpaired) electrons. The maximum absolute atomic E-state index is 12.7. The van der Waals surface area contributed by atoms with Crippen LogP contribution in [0.15, 0.2) is 29.0 Å². The summed E-state index contributed by atoms with van der Waals surface area (Å²) < 4.78 is 5.46. The van der Waals surface area contributed by atoms with Crippen molar-refractivity contribution >= 4 is 11.7 Å². The lowest BCUT2D eigenvalue weighted by Gasteiger charge is -2.21. The molecule has 24 heavy (non-hydrogen) atoms. The summed E-state index contributed by atoms with van der Waals surface area (Å²) in [5.74, 6) is 2.21. The Balaban J connectivity index is 1.39. The number of nitrogens with zero attached hydrogens (tertiary/aromatic N) is 5. The molecule has 2 aromatic rings. The Morgan fingerprint density at radius 3 is 2.96 bits per heavy atom. The number of rotatable bonds is 4. The summed E-state index contributed by atoms with van der Waals surface area (Å²) in [7, 11) is 0. The van der Waals surface area contributed by atoms with E-state index in [1.807, 2.05) is 17.0 Å². The zero-order valence-electron chi connectivity index (χ0n) is 13.6. The van der Waals surface area contributed by atoms with Crippen LogP contribution in [-0.4, -0.2) is 52.2 Å². The minimum atomic E-state index is -0.0400. The van der Waals surface area contributed by atoms with E-state index in [9.17, 15) is 4.79 Å². The van der Waals surface area contributed by atoms with Gasteiger partial charge < -0.3 is 14.2 Å². The normalized spacial score (nSPS) is 18.5. The Labute approximate surface area is 140 Å². The van der Waals surface area contributed by atoms with Crippen molar-refractivity contribution in [3.05, 3.63) is 36.2 Å². The Kier molecular flexibility index (Phi) is 4.15. The van der Waals surface area contributed by atoms with Crippen molar-refractivity contribution in [2.45, 2.75) is 25.7 Å². The third kappa shape index (κ3) is 3.39. The van der Waals surface area contributed by atoms with Crippen molar-refractivity contribution < 1.29 is 9.21 Å². The van der Waals surface area contributed by atoms with Gasteiger partial charge in [0.2, 0.25) is 0 Å². The van der Waals surface area contributed by atoms with E-state index in [-0.39, 0.29) is 5.91 Å². The standard InChI is InChI=1S/C17H21N5O2/c23-17(14-12-24-16(19-14)11-13-4-5-13)22-8-2-7-21(9-10-22)15-3-1-6-18-20-15/h1,3,6,12-13H,2,4-5,7-11H2. The topological polar surface area (TPSA) is 75.4 Å². The fourth-order valence-electron chi connectivity index (χ4n) is 3.05. The van der Waals surface area contributed by atoms with Crippen molar-refractivity contribution in [2.75, 3.05) is 31.1 Å². The molecule has 126 valence electrons. The Hall–Kier alpha value is -2.44. The van der Waals surface area contributed by atoms with Crippen molar-refractivity contribution in [1.29, 1.82) is 0 Å². The molecule has 1 amide bonds. The lowest BCUT2D eigenvalue weighted by molar-refractivity contribution is 0.0761. The SMILES string of the molecule is O=C(c1coc(CC2CC2)n1)N1CCCN(c2cccnn2)CC1. The van der Waals surface area contributed by atoms with Gasteiger partial charge in [-0.2, -0.15) is 5.10 Å². The molecule has 7 heteroatoms. The van der Waals surface area contributed by atoms with E-state index in [4.69, 9.17) is 4.42 Å². The van der Waals surface area contributed by atoms with Gasteiger partial charge in [-0.3, -0.25) is 4.79 Å². The largest absolute Gasteiger partial charge is 0.448 e. The minimum Gasteiger partial charge on any atom is -0.448 e. The maximum atomic E-state index is 12.7. The van der Waals surface area contributed by atoms with Crippen LogP contribution in [0.4, 0.5) is 5.82 Å². The zero-order chi connectivity index (χ0) is 16.4. The molecule has 0 unspecified atom stereocenters. The fourth-order valence-corrected chi connectivity index (χ4v) is 3.05. The molecule has 4 rings (SSSR count). The first kappa shape index (κ1) is 15.1. The third-order valence-electron chi connectivity index (χ3n) is 4.60. The number of carbonyl (C=O) groups is 1. The predicted molar refractivity (Wildman–Crippen MR) is 87.7 cm³/mol. The summed E-state index contributed by atoms with van der Waals surface area (Å²) in [6.07, 6.45) is 7.42. The van der Waals surface area contributed by atoms with Gasteiger partial charge in [0.1, 0.15) is 6.26 Å². The van der Waals surface area contributed by atoms with Gasteiger partial charge in [0.05, 0.1) is 0 Å². The fraction of sp³-hybridized carbons (Fsp3) is 0.529. The monoisotopic (exact) mass is 327 g/mol. The Morgan fingerprint density at radius 2 is 2.17 bits per heavy atom. The second-order valence-corrected chi connectivity index (χ2v) is 6.49. The van der Waals surface area contributed by atoms with Crippen LogP contribution in [0.5, 0.6) is 0 Å². The van der Waals surface area contributed by atoms with Crippen LogP contribution in [0.3, 0.4) is 0 Å². The average molecular weight is 327 g/mol. The smallest absolute Gasteiger partial charge is 0.275 e. The first-order valence-corrected chi connectivity index (χ1v) is 8.56. The number of carbonyl (C=O) groups excluding carboxylic acids is 1. The van der Waals surface area contributed by atoms with E-state index in [2.05, 4.69) is 20.1 Å². The van der Waals surface area contributed by atoms with Gasteiger partial charge in [-0.05, 0) is 37.3 Å². The number of oxazole rings is 1. The molecule has 2 aromatic heterocycles. The summed E-state index contributed by atoms with van der Waals surface area (Å²) in [4.78, 5) is 21.1. The molecule has 0 bridgehead atoms. The molecule has 1 saturated carbocycles. The van der Waals surface area contributed by atoms with Gasteiger partial charge in [0, 0.05) is 38.8 Å². The van der Waals surface area contributed by atoms with E-state index in [0.29, 0.717) is 24.0 Å². The number of hydrogen-bond donors (Lipinski definition) is 0. The van der Waals surface area contributed by atoms with E-state index in [1.54, 1.807) is 6.20 Å². The number of anilines is 1. The summed E-state index contributed by atoms with van der Waals surface area (Å²) in [6, 6.07) is 3.83. The van der Waals surface area contributed by atoms with Crippen molar-refractivity contribution in [2.24, 2.45) is 5.92 Å². The molecule has 0 spiro atoms. The van der Waals surface area contributed by atoms with Crippen molar-refractivity contribution in [1.82, 2.24) is 20.1 Å². The highest BCUT2D eigenvalue weighted by atomic mass is 16.3. The van der Waals surface area contributed by atoms with Gasteiger partial charge >= 0.3 is 0 Å². The highest BCUT2D eigenvalue weighted by Gasteiger charge is 2.26. The van der Waals surface area contributed by atoms with Gasteiger partial charge in [0.25, 0.3) is 5.91 Å². The molecule has 7 nitrogen and oxygen atoms in total. The van der Waals surface area contributed by atoms with Gasteiger partial charge in [0.15, 0.2) is 17.4 Å². The Bertz CT molecular complexity index is 698. The lowest BCUT2D eigenvalue weighted by atomic mass is 10.3. The first-order valence-electron chi connectivity index (χ1n) is 8.56. The van der Waals surface area contributed by atoms with E-state index in [0.717, 1.165) is 38.3 Å². The second kappa shape index (κ2) is 6.59. The maximum Gasteiger partial charge on any atom is 0.275 e. The van der Waals surface area contributed by atoms with E-state index >= 15 is 0 Å². The van der Waals surface area contributed by atoms with Crippen LogP contribution in [0.25, 0.3) is 0 Å². The number of amides is 1. The summed E-state index contributed by atoms with van der Waals surface area (Å²) in [5, 5.41) is 8.08. The van der Waals surface area contributed by atoms with Crippen LogP contribution in [0, 0.1) is 5.92 Å². The van der Waals surface area contributed by atoms with Gasteiger partial charge in [-0.15, -0.1) is 5.10 Å². The van der Waals surface area contributed by atoms with Crippen LogP contribution >= 0.6 is 0 Å². The molecule has 0 N–H and O–H groups in total. The van der Waals surface area contributed by atoms with Crippen molar-refractivity contribution in [3.63, 3.8) is 0 Å². The van der Waals surface area contributed by atoms with Crippen LogP contribution < -0.4 is 4.90 Å². The molecule has 1 saturated heterocycles. The Morgan fingerprint density at radius 1 is 1.25 bits per heavy atom. The number of hydrogen-bond acceptors (Lipinski definition) is 6. The third-order valence-corrected chi connectivity index (χ3v) is 4.60. The molecule has 2 aliphatic rings. The number of aromatic nitrogens is 3. The highest BCUT2D eigenvalue weighted by Crippen LogP contribution is 2.32. The highest BCUT2D eigenvalue weighted by molar-refractivity contribution is 5.92. The molecule has 2 fully saturated rings. The average Bonchev–Trinajstić information content (AvgIpc) is 3.36. The first-order chi connectivity index (χ1) is 11.8. The van der Waals surface area contributed by atoms with Gasteiger partial charge in [-0.25, -0.2) is 4.98 Å². The summed E-state index contributed by atoms with van der Waals surface area (Å²) in [6.45, 7) is 2.99. The van der Waals surface area contributed by atoms with Gasteiger partial charge in [-0.1, -0.05) is 0 Å². The van der Waals surface area contributed by atoms with Crippen LogP contribution in [0.1, 0.15) is 35.6 Å². The van der Waals surface area contributed by atoms with E-state index < -0.39 is 0 Å².